The van der Waals surface area contributed by atoms with E-state index in [1.807, 2.05) is 24.5 Å². The molecule has 3 aromatic carbocycles. The van der Waals surface area contributed by atoms with E-state index in [0.29, 0.717) is 21.3 Å². The third kappa shape index (κ3) is 6.32. The minimum atomic E-state index is -4.14. The van der Waals surface area contributed by atoms with Crippen LogP contribution in [-0.2, 0) is 24.8 Å². The molecule has 1 aliphatic heterocycles. The number of sulfonamides is 2. The van der Waals surface area contributed by atoms with E-state index in [2.05, 4.69) is 10.5 Å². The topological polar surface area (TPSA) is 121 Å². The van der Waals surface area contributed by atoms with Crippen molar-refractivity contribution in [1.29, 1.82) is 0 Å². The van der Waals surface area contributed by atoms with Gasteiger partial charge in [-0.05, 0) is 62.4 Å². The van der Waals surface area contributed by atoms with Crippen LogP contribution in [0.2, 0.25) is 10.0 Å². The Morgan fingerprint density at radius 2 is 1.48 bits per heavy atom. The Balaban J connectivity index is 1.43. The monoisotopic (exact) mass is 673 g/mol. The molecule has 1 saturated heterocycles. The first-order valence-corrected chi connectivity index (χ1v) is 17.1. The third-order valence-electron chi connectivity index (χ3n) is 7.33. The Morgan fingerprint density at radius 3 is 2.11 bits per heavy atom. The van der Waals surface area contributed by atoms with Gasteiger partial charge in [0, 0.05) is 41.6 Å². The van der Waals surface area contributed by atoms with E-state index < -0.39 is 38.5 Å². The summed E-state index contributed by atoms with van der Waals surface area (Å²) < 4.78 is 58.1. The van der Waals surface area contributed by atoms with Gasteiger partial charge in [-0.2, -0.15) is 13.7 Å². The first-order chi connectivity index (χ1) is 20.9. The van der Waals surface area contributed by atoms with Crippen LogP contribution < -0.4 is 5.43 Å². The average Bonchev–Trinajstić information content (AvgIpc) is 3.30. The van der Waals surface area contributed by atoms with Gasteiger partial charge in [-0.3, -0.25) is 4.79 Å². The van der Waals surface area contributed by atoms with E-state index >= 15 is 0 Å². The summed E-state index contributed by atoms with van der Waals surface area (Å²) >= 11 is 12.6. The zero-order chi connectivity index (χ0) is 31.6. The smallest absolute Gasteiger partial charge is 0.259 e. The molecule has 4 aromatic rings. The number of hydrazone groups is 1. The largest absolute Gasteiger partial charge is 0.316 e. The van der Waals surface area contributed by atoms with Crippen LogP contribution in [0.25, 0.3) is 5.69 Å². The fraction of sp³-hybridized carbons (Fsp3) is 0.200. The molecule has 0 spiro atoms. The van der Waals surface area contributed by atoms with Crippen LogP contribution in [0.15, 0.2) is 99.8 Å². The standard InChI is InChI=1S/C30H29Cl2N5O5S2/c1-21-17-23(22(2)37(21)28-18-24(31)13-14-27(28)32)19-33-34-30(38)29-20-35(43(39,40)25-9-5-3-6-10-25)15-16-36(29)44(41,42)26-11-7-4-8-12-26/h3-14,17-19,29H,15-16,20H2,1-2H3,(H,34,38)/b33-19-/t29-/m0/s1. The molecule has 1 aliphatic rings. The summed E-state index contributed by atoms with van der Waals surface area (Å²) in [5.74, 6) is -0.777. The minimum Gasteiger partial charge on any atom is -0.316 e. The van der Waals surface area contributed by atoms with Gasteiger partial charge >= 0.3 is 0 Å². The number of hydrogen-bond donors (Lipinski definition) is 1. The molecule has 1 N–H and O–H groups in total. The van der Waals surface area contributed by atoms with E-state index in [4.69, 9.17) is 23.2 Å². The Hall–Kier alpha value is -3.52. The van der Waals surface area contributed by atoms with Gasteiger partial charge in [-0.1, -0.05) is 59.6 Å². The molecule has 2 heterocycles. The zero-order valence-corrected chi connectivity index (χ0v) is 26.9. The molecule has 0 aliphatic carbocycles. The molecule has 10 nitrogen and oxygen atoms in total. The van der Waals surface area contributed by atoms with Crippen LogP contribution in [0, 0.1) is 13.8 Å². The molecular weight excluding hydrogens is 645 g/mol. The lowest BCUT2D eigenvalue weighted by Crippen LogP contribution is -2.60. The van der Waals surface area contributed by atoms with Crippen molar-refractivity contribution in [2.45, 2.75) is 29.7 Å². The molecule has 44 heavy (non-hydrogen) atoms. The van der Waals surface area contributed by atoms with Crippen molar-refractivity contribution >= 4 is 55.4 Å². The zero-order valence-electron chi connectivity index (χ0n) is 23.8. The van der Waals surface area contributed by atoms with Gasteiger partial charge in [0.15, 0.2) is 0 Å². The number of nitrogens with one attached hydrogen (secondary N) is 1. The quantitative estimate of drug-likeness (QED) is 0.216. The fourth-order valence-corrected chi connectivity index (χ4v) is 8.53. The number of carbonyl (C=O) groups is 1. The van der Waals surface area contributed by atoms with Crippen molar-refractivity contribution in [2.75, 3.05) is 19.6 Å². The minimum absolute atomic E-state index is 0.00668. The van der Waals surface area contributed by atoms with Gasteiger partial charge in [-0.15, -0.1) is 0 Å². The molecular formula is C30H29Cl2N5O5S2. The number of benzene rings is 3. The number of piperazine rings is 1. The number of nitrogens with zero attached hydrogens (tertiary/aromatic N) is 4. The summed E-state index contributed by atoms with van der Waals surface area (Å²) in [6.45, 7) is 2.98. The van der Waals surface area contributed by atoms with Crippen LogP contribution in [0.1, 0.15) is 17.0 Å². The Kier molecular flexibility index (Phi) is 9.30. The highest BCUT2D eigenvalue weighted by Crippen LogP contribution is 2.29. The molecule has 1 amide bonds. The molecule has 230 valence electrons. The average molecular weight is 675 g/mol. The second kappa shape index (κ2) is 12.8. The lowest BCUT2D eigenvalue weighted by molar-refractivity contribution is -0.125. The summed E-state index contributed by atoms with van der Waals surface area (Å²) in [6, 6.07) is 21.1. The van der Waals surface area contributed by atoms with Gasteiger partial charge in [0.05, 0.1) is 26.7 Å². The van der Waals surface area contributed by atoms with E-state index in [1.54, 1.807) is 54.6 Å². The number of hydrogen-bond acceptors (Lipinski definition) is 6. The number of aryl methyl sites for hydroxylation is 1. The van der Waals surface area contributed by atoms with Crippen molar-refractivity contribution in [3.8, 4) is 5.69 Å². The number of rotatable bonds is 8. The highest BCUT2D eigenvalue weighted by atomic mass is 35.5. The van der Waals surface area contributed by atoms with Gasteiger partial charge < -0.3 is 4.57 Å². The molecule has 1 fully saturated rings. The summed E-state index contributed by atoms with van der Waals surface area (Å²) in [5.41, 5.74) is 5.40. The van der Waals surface area contributed by atoms with Crippen molar-refractivity contribution in [2.24, 2.45) is 5.10 Å². The number of halogens is 2. The van der Waals surface area contributed by atoms with Gasteiger partial charge in [0.1, 0.15) is 6.04 Å². The van der Waals surface area contributed by atoms with Crippen LogP contribution in [0.3, 0.4) is 0 Å². The maximum absolute atomic E-state index is 13.6. The van der Waals surface area contributed by atoms with Gasteiger partial charge in [0.25, 0.3) is 5.91 Å². The first-order valence-electron chi connectivity index (χ1n) is 13.5. The second-order valence-corrected chi connectivity index (χ2v) is 14.8. The summed E-state index contributed by atoms with van der Waals surface area (Å²) in [6.07, 6.45) is 1.44. The van der Waals surface area contributed by atoms with Crippen LogP contribution >= 0.6 is 23.2 Å². The molecule has 1 aromatic heterocycles. The predicted octanol–water partition coefficient (Wildman–Crippen LogP) is 4.62. The first kappa shape index (κ1) is 31.9. The molecule has 0 radical (unpaired) electrons. The van der Waals surface area contributed by atoms with Crippen molar-refractivity contribution in [3.05, 3.63) is 112 Å². The van der Waals surface area contributed by atoms with Crippen molar-refractivity contribution < 1.29 is 21.6 Å². The van der Waals surface area contributed by atoms with E-state index in [-0.39, 0.29) is 22.9 Å². The maximum atomic E-state index is 13.6. The summed E-state index contributed by atoms with van der Waals surface area (Å²) in [4.78, 5) is 13.6. The lowest BCUT2D eigenvalue weighted by Gasteiger charge is -2.38. The van der Waals surface area contributed by atoms with E-state index in [9.17, 15) is 21.6 Å². The lowest BCUT2D eigenvalue weighted by atomic mass is 10.2. The third-order valence-corrected chi connectivity index (χ3v) is 11.7. The predicted molar refractivity (Wildman–Crippen MR) is 170 cm³/mol. The summed E-state index contributed by atoms with van der Waals surface area (Å²) in [7, 11) is -8.14. The molecule has 14 heteroatoms. The maximum Gasteiger partial charge on any atom is 0.259 e. The van der Waals surface area contributed by atoms with E-state index in [0.717, 1.165) is 20.0 Å². The summed E-state index contributed by atoms with van der Waals surface area (Å²) in [5, 5.41) is 5.13. The van der Waals surface area contributed by atoms with Crippen molar-refractivity contribution in [3.63, 3.8) is 0 Å². The number of aromatic nitrogens is 1. The van der Waals surface area contributed by atoms with E-state index in [1.165, 1.54) is 30.5 Å². The number of amides is 1. The normalized spacial score (nSPS) is 16.8. The molecule has 5 rings (SSSR count). The highest BCUT2D eigenvalue weighted by Gasteiger charge is 2.43. The van der Waals surface area contributed by atoms with Gasteiger partial charge in [0.2, 0.25) is 20.0 Å². The van der Waals surface area contributed by atoms with Crippen molar-refractivity contribution in [1.82, 2.24) is 18.6 Å². The van der Waals surface area contributed by atoms with Crippen LogP contribution in [-0.4, -0.2) is 67.8 Å². The molecule has 0 unspecified atom stereocenters. The Labute approximate surface area is 266 Å². The van der Waals surface area contributed by atoms with Crippen LogP contribution in [0.4, 0.5) is 0 Å². The highest BCUT2D eigenvalue weighted by molar-refractivity contribution is 7.89. The SMILES string of the molecule is Cc1cc(/C=N\NC(=O)[C@@H]2CN(S(=O)(=O)c3ccccc3)CCN2S(=O)(=O)c2ccccc2)c(C)n1-c1cc(Cl)ccc1Cl. The molecule has 0 bridgehead atoms. The molecule has 1 atom stereocenters. The second-order valence-electron chi connectivity index (χ2n) is 10.1. The Bertz CT molecular complexity index is 1930. The fourth-order valence-electron chi connectivity index (χ4n) is 5.12. The number of carbonyl (C=O) groups excluding carboxylic acids is 1. The van der Waals surface area contributed by atoms with Gasteiger partial charge in [-0.25, -0.2) is 22.3 Å². The van der Waals surface area contributed by atoms with Crippen LogP contribution in [0.5, 0.6) is 0 Å². The Morgan fingerprint density at radius 1 is 0.864 bits per heavy atom. The molecule has 0 saturated carbocycles.